The van der Waals surface area contributed by atoms with Gasteiger partial charge in [0.1, 0.15) is 0 Å². The molecule has 0 amide bonds. The zero-order chi connectivity index (χ0) is 14.1. The molecule has 1 aromatic carbocycles. The lowest BCUT2D eigenvalue weighted by molar-refractivity contribution is -0.138. The van der Waals surface area contributed by atoms with Gasteiger partial charge in [0.05, 0.1) is 5.56 Å². The Kier molecular flexibility index (Phi) is 6.92. The Hall–Kier alpha value is -1.03. The fourth-order valence-electron chi connectivity index (χ4n) is 2.03. The number of benzene rings is 1. The second kappa shape index (κ2) is 8.20. The molecule has 0 saturated carbocycles. The molecule has 1 aromatic rings. The Bertz CT molecular complexity index is 361. The standard InChI is InChI=1S/C15H22F3N/c1-2-3-4-5-8-11-19-12-13-9-6-7-10-14(13)15(16,17)18/h6-7,9-10,19H,2-5,8,11-12H2,1H3. The third-order valence-electron chi connectivity index (χ3n) is 3.10. The molecule has 0 heterocycles. The third-order valence-corrected chi connectivity index (χ3v) is 3.10. The van der Waals surface area contributed by atoms with Crippen LogP contribution in [0.3, 0.4) is 0 Å². The van der Waals surface area contributed by atoms with E-state index in [-0.39, 0.29) is 6.54 Å². The van der Waals surface area contributed by atoms with Crippen molar-refractivity contribution in [2.24, 2.45) is 0 Å². The first-order chi connectivity index (χ1) is 9.05. The summed E-state index contributed by atoms with van der Waals surface area (Å²) < 4.78 is 38.2. The highest BCUT2D eigenvalue weighted by Gasteiger charge is 2.32. The number of halogens is 3. The van der Waals surface area contributed by atoms with Gasteiger partial charge in [0.15, 0.2) is 0 Å². The monoisotopic (exact) mass is 273 g/mol. The molecule has 19 heavy (non-hydrogen) atoms. The minimum atomic E-state index is -4.26. The van der Waals surface area contributed by atoms with Gasteiger partial charge in [-0.1, -0.05) is 50.8 Å². The SMILES string of the molecule is CCCCCCCNCc1ccccc1C(F)(F)F. The maximum Gasteiger partial charge on any atom is 0.416 e. The highest BCUT2D eigenvalue weighted by molar-refractivity contribution is 5.29. The number of rotatable bonds is 8. The molecule has 1 N–H and O–H groups in total. The van der Waals surface area contributed by atoms with Crippen LogP contribution in [-0.4, -0.2) is 6.54 Å². The van der Waals surface area contributed by atoms with Crippen molar-refractivity contribution in [3.8, 4) is 0 Å². The summed E-state index contributed by atoms with van der Waals surface area (Å²) in [6.45, 7) is 3.21. The fourth-order valence-corrected chi connectivity index (χ4v) is 2.03. The first-order valence-corrected chi connectivity index (χ1v) is 6.91. The van der Waals surface area contributed by atoms with E-state index < -0.39 is 11.7 Å². The van der Waals surface area contributed by atoms with Gasteiger partial charge in [0, 0.05) is 6.54 Å². The summed E-state index contributed by atoms with van der Waals surface area (Å²) in [4.78, 5) is 0. The van der Waals surface area contributed by atoms with Crippen LogP contribution < -0.4 is 5.32 Å². The van der Waals surface area contributed by atoms with Crippen molar-refractivity contribution in [3.05, 3.63) is 35.4 Å². The Balaban J connectivity index is 2.33. The Morgan fingerprint density at radius 2 is 1.68 bits per heavy atom. The number of hydrogen-bond acceptors (Lipinski definition) is 1. The lowest BCUT2D eigenvalue weighted by Crippen LogP contribution is -2.18. The molecular weight excluding hydrogens is 251 g/mol. The van der Waals surface area contributed by atoms with E-state index in [1.165, 1.54) is 31.4 Å². The number of hydrogen-bond donors (Lipinski definition) is 1. The summed E-state index contributed by atoms with van der Waals surface area (Å²) in [5, 5.41) is 3.09. The highest BCUT2D eigenvalue weighted by atomic mass is 19.4. The van der Waals surface area contributed by atoms with E-state index in [0.29, 0.717) is 5.56 Å². The summed E-state index contributed by atoms with van der Waals surface area (Å²) in [5.74, 6) is 0. The van der Waals surface area contributed by atoms with Gasteiger partial charge in [0.25, 0.3) is 0 Å². The number of unbranched alkanes of at least 4 members (excludes halogenated alkanes) is 4. The summed E-state index contributed by atoms with van der Waals surface area (Å²) >= 11 is 0. The van der Waals surface area contributed by atoms with Crippen LogP contribution in [0.5, 0.6) is 0 Å². The molecule has 1 nitrogen and oxygen atoms in total. The Morgan fingerprint density at radius 3 is 2.37 bits per heavy atom. The van der Waals surface area contributed by atoms with Crippen LogP contribution in [0, 0.1) is 0 Å². The van der Waals surface area contributed by atoms with Gasteiger partial charge in [-0.2, -0.15) is 13.2 Å². The average molecular weight is 273 g/mol. The minimum absolute atomic E-state index is 0.281. The molecule has 0 aliphatic rings. The van der Waals surface area contributed by atoms with Crippen molar-refractivity contribution in [3.63, 3.8) is 0 Å². The van der Waals surface area contributed by atoms with E-state index in [1.54, 1.807) is 6.07 Å². The molecule has 0 bridgehead atoms. The van der Waals surface area contributed by atoms with E-state index in [9.17, 15) is 13.2 Å². The van der Waals surface area contributed by atoms with Crippen LogP contribution in [0.2, 0.25) is 0 Å². The van der Waals surface area contributed by atoms with Crippen molar-refractivity contribution in [2.75, 3.05) is 6.54 Å². The highest BCUT2D eigenvalue weighted by Crippen LogP contribution is 2.31. The molecule has 0 radical (unpaired) electrons. The maximum absolute atomic E-state index is 12.7. The quantitative estimate of drug-likeness (QED) is 0.673. The molecule has 0 atom stereocenters. The molecule has 0 aromatic heterocycles. The van der Waals surface area contributed by atoms with Crippen LogP contribution in [0.25, 0.3) is 0 Å². The molecule has 4 heteroatoms. The maximum atomic E-state index is 12.7. The molecule has 0 aliphatic heterocycles. The zero-order valence-electron chi connectivity index (χ0n) is 11.4. The summed E-state index contributed by atoms with van der Waals surface area (Å²) in [6.07, 6.45) is 1.54. The van der Waals surface area contributed by atoms with Gasteiger partial charge < -0.3 is 5.32 Å². The summed E-state index contributed by atoms with van der Waals surface area (Å²) in [6, 6.07) is 5.75. The van der Waals surface area contributed by atoms with Gasteiger partial charge in [-0.05, 0) is 24.6 Å². The van der Waals surface area contributed by atoms with Crippen molar-refractivity contribution < 1.29 is 13.2 Å². The van der Waals surface area contributed by atoms with Crippen LogP contribution in [0.4, 0.5) is 13.2 Å². The van der Waals surface area contributed by atoms with Crippen molar-refractivity contribution in [1.82, 2.24) is 5.32 Å². The van der Waals surface area contributed by atoms with Crippen LogP contribution in [0.15, 0.2) is 24.3 Å². The van der Waals surface area contributed by atoms with Crippen LogP contribution in [-0.2, 0) is 12.7 Å². The third kappa shape index (κ3) is 6.10. The lowest BCUT2D eigenvalue weighted by Gasteiger charge is -2.13. The molecule has 0 spiro atoms. The van der Waals surface area contributed by atoms with E-state index in [0.717, 1.165) is 25.5 Å². The first-order valence-electron chi connectivity index (χ1n) is 6.91. The predicted molar refractivity (Wildman–Crippen MR) is 71.9 cm³/mol. The van der Waals surface area contributed by atoms with E-state index in [1.807, 2.05) is 0 Å². The molecule has 1 rings (SSSR count). The largest absolute Gasteiger partial charge is 0.416 e. The summed E-state index contributed by atoms with van der Waals surface area (Å²) in [7, 11) is 0. The van der Waals surface area contributed by atoms with Gasteiger partial charge in [-0.3, -0.25) is 0 Å². The van der Waals surface area contributed by atoms with Crippen LogP contribution >= 0.6 is 0 Å². The molecule has 0 unspecified atom stereocenters. The number of nitrogens with one attached hydrogen (secondary N) is 1. The topological polar surface area (TPSA) is 12.0 Å². The van der Waals surface area contributed by atoms with Crippen molar-refractivity contribution in [2.45, 2.75) is 51.7 Å². The normalized spacial score (nSPS) is 11.8. The molecule has 108 valence electrons. The predicted octanol–water partition coefficient (Wildman–Crippen LogP) is 4.77. The van der Waals surface area contributed by atoms with Gasteiger partial charge in [0.2, 0.25) is 0 Å². The second-order valence-corrected chi connectivity index (χ2v) is 4.75. The molecule has 0 aliphatic carbocycles. The second-order valence-electron chi connectivity index (χ2n) is 4.75. The van der Waals surface area contributed by atoms with Gasteiger partial charge in [-0.25, -0.2) is 0 Å². The first kappa shape index (κ1) is 16.0. The van der Waals surface area contributed by atoms with Gasteiger partial charge >= 0.3 is 6.18 Å². The molecular formula is C15H22F3N. The lowest BCUT2D eigenvalue weighted by atomic mass is 10.1. The number of alkyl halides is 3. The average Bonchev–Trinajstić information content (AvgIpc) is 2.37. The smallest absolute Gasteiger partial charge is 0.313 e. The molecule has 0 fully saturated rings. The minimum Gasteiger partial charge on any atom is -0.313 e. The Labute approximate surface area is 113 Å². The van der Waals surface area contributed by atoms with Crippen molar-refractivity contribution in [1.29, 1.82) is 0 Å². The van der Waals surface area contributed by atoms with Gasteiger partial charge in [-0.15, -0.1) is 0 Å². The van der Waals surface area contributed by atoms with Crippen molar-refractivity contribution >= 4 is 0 Å². The Morgan fingerprint density at radius 1 is 1.00 bits per heavy atom. The fraction of sp³-hybridized carbons (Fsp3) is 0.600. The molecule has 0 saturated heterocycles. The van der Waals surface area contributed by atoms with E-state index in [4.69, 9.17) is 0 Å². The van der Waals surface area contributed by atoms with E-state index in [2.05, 4.69) is 12.2 Å². The zero-order valence-corrected chi connectivity index (χ0v) is 11.4. The van der Waals surface area contributed by atoms with E-state index >= 15 is 0 Å². The summed E-state index contributed by atoms with van der Waals surface area (Å²) in [5.41, 5.74) is -0.211. The van der Waals surface area contributed by atoms with Crippen LogP contribution in [0.1, 0.15) is 50.2 Å².